The van der Waals surface area contributed by atoms with Crippen LogP contribution < -0.4 is 9.64 Å². The van der Waals surface area contributed by atoms with E-state index in [9.17, 15) is 4.79 Å². The lowest BCUT2D eigenvalue weighted by molar-refractivity contribution is 0.0391. The summed E-state index contributed by atoms with van der Waals surface area (Å²) in [5.74, 6) is 0.507. The second kappa shape index (κ2) is 9.30. The van der Waals surface area contributed by atoms with Crippen molar-refractivity contribution in [3.63, 3.8) is 0 Å². The molecule has 0 aliphatic carbocycles. The van der Waals surface area contributed by atoms with E-state index in [0.717, 1.165) is 24.3 Å². The van der Waals surface area contributed by atoms with Crippen LogP contribution in [0.3, 0.4) is 0 Å². The molecule has 0 atom stereocenters. The Kier molecular flexibility index (Phi) is 6.52. The van der Waals surface area contributed by atoms with Crippen molar-refractivity contribution < 1.29 is 14.3 Å². The van der Waals surface area contributed by atoms with Gasteiger partial charge in [-0.05, 0) is 25.1 Å². The molecule has 4 rings (SSSR count). The van der Waals surface area contributed by atoms with Crippen molar-refractivity contribution in [2.45, 2.75) is 13.5 Å². The van der Waals surface area contributed by atoms with Crippen LogP contribution in [0.25, 0.3) is 10.2 Å². The van der Waals surface area contributed by atoms with Gasteiger partial charge in [0.05, 0.1) is 30.0 Å². The molecule has 2 aromatic heterocycles. The topological polar surface area (TPSA) is 72.7 Å². The Morgan fingerprint density at radius 2 is 2.13 bits per heavy atom. The summed E-state index contributed by atoms with van der Waals surface area (Å²) in [6.07, 6.45) is 1.65. The molecule has 1 aliphatic rings. The number of thiazole rings is 1. The number of aromatic nitrogens is 3. The first-order valence-electron chi connectivity index (χ1n) is 9.89. The van der Waals surface area contributed by atoms with E-state index in [1.165, 1.54) is 11.3 Å². The summed E-state index contributed by atoms with van der Waals surface area (Å²) in [5.41, 5.74) is 1.20. The maximum Gasteiger partial charge on any atom is 0.278 e. The Bertz CT molecular complexity index is 1030. The van der Waals surface area contributed by atoms with Crippen molar-refractivity contribution in [2.24, 2.45) is 0 Å². The molecular weight excluding hydrogens is 426 g/mol. The molecule has 0 N–H and O–H groups in total. The van der Waals surface area contributed by atoms with E-state index in [4.69, 9.17) is 26.1 Å². The average molecular weight is 450 g/mol. The third-order valence-electron chi connectivity index (χ3n) is 5.12. The number of methoxy groups -OCH3 is 1. The molecule has 10 heteroatoms. The van der Waals surface area contributed by atoms with Crippen molar-refractivity contribution >= 4 is 44.2 Å². The van der Waals surface area contributed by atoms with Gasteiger partial charge in [-0.2, -0.15) is 5.10 Å². The lowest BCUT2D eigenvalue weighted by Crippen LogP contribution is -2.43. The van der Waals surface area contributed by atoms with Crippen LogP contribution in [-0.2, 0) is 11.3 Å². The zero-order chi connectivity index (χ0) is 21.1. The number of hydrogen-bond donors (Lipinski definition) is 0. The zero-order valence-corrected chi connectivity index (χ0v) is 18.6. The molecule has 3 aromatic rings. The fourth-order valence-corrected chi connectivity index (χ4v) is 4.76. The summed E-state index contributed by atoms with van der Waals surface area (Å²) in [7, 11) is 1.60. The predicted octanol–water partition coefficient (Wildman–Crippen LogP) is 3.15. The largest absolute Gasteiger partial charge is 0.494 e. The zero-order valence-electron chi connectivity index (χ0n) is 17.0. The van der Waals surface area contributed by atoms with Crippen LogP contribution in [0.15, 0.2) is 24.4 Å². The summed E-state index contributed by atoms with van der Waals surface area (Å²) in [4.78, 5) is 22.3. The van der Waals surface area contributed by atoms with Crippen molar-refractivity contribution in [1.29, 1.82) is 0 Å². The lowest BCUT2D eigenvalue weighted by atomic mass is 10.3. The number of anilines is 1. The third kappa shape index (κ3) is 4.15. The summed E-state index contributed by atoms with van der Waals surface area (Å²) in [5, 5.41) is 5.44. The second-order valence-electron chi connectivity index (χ2n) is 6.87. The number of benzene rings is 1. The number of morpholine rings is 1. The van der Waals surface area contributed by atoms with Gasteiger partial charge in [-0.15, -0.1) is 0 Å². The van der Waals surface area contributed by atoms with Crippen molar-refractivity contribution in [3.8, 4) is 5.75 Å². The van der Waals surface area contributed by atoms with E-state index in [-0.39, 0.29) is 5.91 Å². The summed E-state index contributed by atoms with van der Waals surface area (Å²) < 4.78 is 13.4. The van der Waals surface area contributed by atoms with Crippen LogP contribution in [0.4, 0.5) is 5.13 Å². The Morgan fingerprint density at radius 3 is 2.87 bits per heavy atom. The Morgan fingerprint density at radius 1 is 1.33 bits per heavy atom. The maximum atomic E-state index is 13.5. The van der Waals surface area contributed by atoms with Crippen LogP contribution in [0.2, 0.25) is 5.02 Å². The molecule has 1 aromatic carbocycles. The Labute approximate surface area is 183 Å². The summed E-state index contributed by atoms with van der Waals surface area (Å²) in [6.45, 7) is 6.95. The van der Waals surface area contributed by atoms with Gasteiger partial charge in [0, 0.05) is 38.9 Å². The molecule has 3 heterocycles. The molecule has 30 heavy (non-hydrogen) atoms. The van der Waals surface area contributed by atoms with Gasteiger partial charge in [-0.3, -0.25) is 19.3 Å². The molecule has 0 bridgehead atoms. The monoisotopic (exact) mass is 449 g/mol. The van der Waals surface area contributed by atoms with Crippen LogP contribution in [0.5, 0.6) is 5.75 Å². The minimum atomic E-state index is -0.128. The van der Waals surface area contributed by atoms with Crippen molar-refractivity contribution in [3.05, 3.63) is 35.1 Å². The quantitative estimate of drug-likeness (QED) is 0.551. The smallest absolute Gasteiger partial charge is 0.278 e. The molecule has 8 nitrogen and oxygen atoms in total. The molecule has 1 aliphatic heterocycles. The van der Waals surface area contributed by atoms with Gasteiger partial charge >= 0.3 is 0 Å². The first-order chi connectivity index (χ1) is 14.6. The maximum absolute atomic E-state index is 13.5. The highest BCUT2D eigenvalue weighted by molar-refractivity contribution is 7.23. The Hall–Kier alpha value is -2.20. The average Bonchev–Trinajstić information content (AvgIpc) is 3.42. The fourth-order valence-electron chi connectivity index (χ4n) is 3.48. The number of aryl methyl sites for hydroxylation is 1. The number of fused-ring (bicyclic) bond motifs is 1. The third-order valence-corrected chi connectivity index (χ3v) is 6.66. The number of carbonyl (C=O) groups is 1. The standard InChI is InChI=1S/C20H24ClN5O3S/c1-3-26-15(6-7-22-26)19(27)25(9-8-24-10-12-29-13-11-24)20-23-17-16(28-2)5-4-14(21)18(17)30-20/h4-7H,3,8-13H2,1-2H3. The highest BCUT2D eigenvalue weighted by atomic mass is 35.5. The minimum absolute atomic E-state index is 0.128. The number of rotatable bonds is 7. The fraction of sp³-hybridized carbons (Fsp3) is 0.450. The molecule has 0 saturated carbocycles. The van der Waals surface area contributed by atoms with E-state index in [2.05, 4.69) is 10.00 Å². The second-order valence-corrected chi connectivity index (χ2v) is 8.25. The van der Waals surface area contributed by atoms with Gasteiger partial charge in [-0.1, -0.05) is 22.9 Å². The minimum Gasteiger partial charge on any atom is -0.494 e. The van der Waals surface area contributed by atoms with Gasteiger partial charge < -0.3 is 9.47 Å². The number of halogens is 1. The highest BCUT2D eigenvalue weighted by Crippen LogP contribution is 2.39. The van der Waals surface area contributed by atoms with E-state index in [0.29, 0.717) is 53.4 Å². The van der Waals surface area contributed by atoms with E-state index in [1.54, 1.807) is 41.1 Å². The molecule has 0 unspecified atom stereocenters. The van der Waals surface area contributed by atoms with Crippen molar-refractivity contribution in [2.75, 3.05) is 51.4 Å². The SMILES string of the molecule is CCn1nccc1C(=O)N(CCN1CCOCC1)c1nc2c(OC)ccc(Cl)c2s1. The van der Waals surface area contributed by atoms with Gasteiger partial charge in [0.15, 0.2) is 5.13 Å². The van der Waals surface area contributed by atoms with E-state index >= 15 is 0 Å². The Balaban J connectivity index is 1.70. The van der Waals surface area contributed by atoms with Gasteiger partial charge in [0.2, 0.25) is 0 Å². The van der Waals surface area contributed by atoms with Crippen molar-refractivity contribution in [1.82, 2.24) is 19.7 Å². The molecule has 1 fully saturated rings. The van der Waals surface area contributed by atoms with E-state index in [1.807, 2.05) is 6.92 Å². The molecule has 0 spiro atoms. The molecule has 1 saturated heterocycles. The summed E-state index contributed by atoms with van der Waals surface area (Å²) in [6, 6.07) is 5.32. The number of amides is 1. The summed E-state index contributed by atoms with van der Waals surface area (Å²) >= 11 is 7.80. The van der Waals surface area contributed by atoms with Crippen LogP contribution >= 0.6 is 22.9 Å². The van der Waals surface area contributed by atoms with Gasteiger partial charge in [0.1, 0.15) is 17.0 Å². The molecule has 1 amide bonds. The molecule has 0 radical (unpaired) electrons. The number of ether oxygens (including phenoxy) is 2. The first-order valence-corrected chi connectivity index (χ1v) is 11.1. The number of hydrogen-bond acceptors (Lipinski definition) is 7. The van der Waals surface area contributed by atoms with Crippen LogP contribution in [0.1, 0.15) is 17.4 Å². The molecular formula is C20H24ClN5O3S. The van der Waals surface area contributed by atoms with Crippen LogP contribution in [0, 0.1) is 0 Å². The normalized spacial score (nSPS) is 14.9. The van der Waals surface area contributed by atoms with Gasteiger partial charge in [-0.25, -0.2) is 4.98 Å². The van der Waals surface area contributed by atoms with Crippen LogP contribution in [-0.4, -0.2) is 72.1 Å². The number of carbonyl (C=O) groups excluding carboxylic acids is 1. The predicted molar refractivity (Wildman–Crippen MR) is 118 cm³/mol. The highest BCUT2D eigenvalue weighted by Gasteiger charge is 2.26. The molecule has 160 valence electrons. The number of nitrogens with zero attached hydrogens (tertiary/aromatic N) is 5. The first kappa shape index (κ1) is 21.0. The van der Waals surface area contributed by atoms with E-state index < -0.39 is 0 Å². The lowest BCUT2D eigenvalue weighted by Gasteiger charge is -2.29. The van der Waals surface area contributed by atoms with Gasteiger partial charge in [0.25, 0.3) is 5.91 Å².